The minimum Gasteiger partial charge on any atom is -0.397 e. The second kappa shape index (κ2) is 5.64. The predicted octanol–water partition coefficient (Wildman–Crippen LogP) is 1.34. The summed E-state index contributed by atoms with van der Waals surface area (Å²) in [6.45, 7) is 5.91. The largest absolute Gasteiger partial charge is 0.397 e. The van der Waals surface area contributed by atoms with Crippen molar-refractivity contribution in [3.8, 4) is 0 Å². The van der Waals surface area contributed by atoms with E-state index < -0.39 is 0 Å². The third-order valence-corrected chi connectivity index (χ3v) is 4.45. The zero-order valence-corrected chi connectivity index (χ0v) is 12.5. The molecule has 0 spiro atoms. The molecular weight excluding hydrogens is 308 g/mol. The molecule has 2 aliphatic heterocycles. The lowest BCUT2D eigenvalue weighted by molar-refractivity contribution is 0.0209. The van der Waals surface area contributed by atoms with Gasteiger partial charge in [-0.3, -0.25) is 4.90 Å². The van der Waals surface area contributed by atoms with Crippen LogP contribution in [-0.4, -0.2) is 55.3 Å². The minimum atomic E-state index is 0.621. The molecule has 19 heavy (non-hydrogen) atoms. The molecule has 104 valence electrons. The molecule has 1 atom stereocenters. The first-order valence-electron chi connectivity index (χ1n) is 6.72. The first-order chi connectivity index (χ1) is 9.24. The van der Waals surface area contributed by atoms with E-state index in [0.717, 1.165) is 49.7 Å². The first kappa shape index (κ1) is 13.1. The monoisotopic (exact) mass is 326 g/mol. The molecule has 0 bridgehead atoms. The number of halogens is 1. The zero-order chi connectivity index (χ0) is 13.2. The number of hydrogen-bond acceptors (Lipinski definition) is 5. The van der Waals surface area contributed by atoms with Gasteiger partial charge in [0.15, 0.2) is 0 Å². The SMILES string of the molecule is Nc1cnc(N2CCC(N3CCOCC3)C2)c(Br)c1. The molecular formula is C13H19BrN4O. The number of pyridine rings is 1. The Hall–Kier alpha value is -0.850. The van der Waals surface area contributed by atoms with Gasteiger partial charge in [0.25, 0.3) is 0 Å². The molecule has 0 aromatic carbocycles. The van der Waals surface area contributed by atoms with Crippen LogP contribution in [0.25, 0.3) is 0 Å². The summed E-state index contributed by atoms with van der Waals surface area (Å²) in [5.41, 5.74) is 6.43. The van der Waals surface area contributed by atoms with Crippen LogP contribution < -0.4 is 10.6 Å². The van der Waals surface area contributed by atoms with Crippen molar-refractivity contribution in [2.45, 2.75) is 12.5 Å². The molecule has 2 saturated heterocycles. The van der Waals surface area contributed by atoms with E-state index in [4.69, 9.17) is 10.5 Å². The Morgan fingerprint density at radius 2 is 2.11 bits per heavy atom. The highest BCUT2D eigenvalue weighted by molar-refractivity contribution is 9.10. The Morgan fingerprint density at radius 1 is 1.32 bits per heavy atom. The molecule has 1 aromatic rings. The smallest absolute Gasteiger partial charge is 0.143 e. The van der Waals surface area contributed by atoms with Gasteiger partial charge in [-0.2, -0.15) is 0 Å². The molecule has 2 fully saturated rings. The molecule has 0 saturated carbocycles. The van der Waals surface area contributed by atoms with Gasteiger partial charge in [0.2, 0.25) is 0 Å². The third kappa shape index (κ3) is 2.85. The van der Waals surface area contributed by atoms with Crippen molar-refractivity contribution in [3.63, 3.8) is 0 Å². The summed E-state index contributed by atoms with van der Waals surface area (Å²) in [6, 6.07) is 2.54. The van der Waals surface area contributed by atoms with Gasteiger partial charge in [-0.1, -0.05) is 0 Å². The Balaban J connectivity index is 1.67. The highest BCUT2D eigenvalue weighted by Gasteiger charge is 2.30. The first-order valence-corrected chi connectivity index (χ1v) is 7.51. The number of nitrogen functional groups attached to an aromatic ring is 1. The highest BCUT2D eigenvalue weighted by atomic mass is 79.9. The van der Waals surface area contributed by atoms with Crippen molar-refractivity contribution in [3.05, 3.63) is 16.7 Å². The number of morpholine rings is 1. The van der Waals surface area contributed by atoms with Crippen molar-refractivity contribution in [1.29, 1.82) is 0 Å². The topological polar surface area (TPSA) is 54.6 Å². The maximum atomic E-state index is 5.74. The van der Waals surface area contributed by atoms with Gasteiger partial charge in [0.05, 0.1) is 29.6 Å². The summed E-state index contributed by atoms with van der Waals surface area (Å²) in [5.74, 6) is 1.00. The Morgan fingerprint density at radius 3 is 2.84 bits per heavy atom. The second-order valence-electron chi connectivity index (χ2n) is 5.11. The number of rotatable bonds is 2. The van der Waals surface area contributed by atoms with E-state index in [1.54, 1.807) is 6.20 Å². The van der Waals surface area contributed by atoms with E-state index in [-0.39, 0.29) is 0 Å². The Bertz CT molecular complexity index is 450. The quantitative estimate of drug-likeness (QED) is 0.888. The number of hydrogen-bond donors (Lipinski definition) is 1. The van der Waals surface area contributed by atoms with Gasteiger partial charge in [-0.05, 0) is 28.4 Å². The van der Waals surface area contributed by atoms with Crippen LogP contribution >= 0.6 is 15.9 Å². The van der Waals surface area contributed by atoms with Gasteiger partial charge in [-0.25, -0.2) is 4.98 Å². The van der Waals surface area contributed by atoms with E-state index >= 15 is 0 Å². The lowest BCUT2D eigenvalue weighted by Crippen LogP contribution is -2.44. The number of ether oxygens (including phenoxy) is 1. The normalized spacial score (nSPS) is 24.9. The second-order valence-corrected chi connectivity index (χ2v) is 5.97. The van der Waals surface area contributed by atoms with Gasteiger partial charge in [-0.15, -0.1) is 0 Å². The third-order valence-electron chi connectivity index (χ3n) is 3.87. The van der Waals surface area contributed by atoms with Crippen LogP contribution in [0.1, 0.15) is 6.42 Å². The van der Waals surface area contributed by atoms with Gasteiger partial charge in [0, 0.05) is 32.2 Å². The summed E-state index contributed by atoms with van der Waals surface area (Å²) in [7, 11) is 0. The average Bonchev–Trinajstić information content (AvgIpc) is 2.89. The van der Waals surface area contributed by atoms with E-state index in [9.17, 15) is 0 Å². The van der Waals surface area contributed by atoms with Crippen LogP contribution in [0.5, 0.6) is 0 Å². The van der Waals surface area contributed by atoms with Crippen molar-refractivity contribution in [2.24, 2.45) is 0 Å². The van der Waals surface area contributed by atoms with Crippen LogP contribution in [-0.2, 0) is 4.74 Å². The standard InChI is InChI=1S/C13H19BrN4O/c14-12-7-10(15)8-16-13(12)18-2-1-11(9-18)17-3-5-19-6-4-17/h7-8,11H,1-6,9,15H2. The zero-order valence-electron chi connectivity index (χ0n) is 10.9. The molecule has 5 nitrogen and oxygen atoms in total. The molecule has 0 radical (unpaired) electrons. The van der Waals surface area contributed by atoms with E-state index in [2.05, 4.69) is 30.7 Å². The molecule has 0 aliphatic carbocycles. The maximum Gasteiger partial charge on any atom is 0.143 e. The molecule has 2 aliphatic rings. The van der Waals surface area contributed by atoms with E-state index in [1.165, 1.54) is 6.42 Å². The van der Waals surface area contributed by atoms with Crippen LogP contribution in [0.15, 0.2) is 16.7 Å². The Kier molecular flexibility index (Phi) is 3.91. The number of nitrogens with two attached hydrogens (primary N) is 1. The van der Waals surface area contributed by atoms with Gasteiger partial charge < -0.3 is 15.4 Å². The lowest BCUT2D eigenvalue weighted by Gasteiger charge is -2.32. The summed E-state index contributed by atoms with van der Waals surface area (Å²) < 4.78 is 6.40. The molecule has 3 rings (SSSR count). The van der Waals surface area contributed by atoms with Crippen LogP contribution in [0.4, 0.5) is 11.5 Å². The molecule has 6 heteroatoms. The van der Waals surface area contributed by atoms with Crippen molar-refractivity contribution in [2.75, 3.05) is 50.0 Å². The molecule has 1 aromatic heterocycles. The summed E-state index contributed by atoms with van der Waals surface area (Å²) in [5, 5.41) is 0. The van der Waals surface area contributed by atoms with Gasteiger partial charge >= 0.3 is 0 Å². The summed E-state index contributed by atoms with van der Waals surface area (Å²) in [4.78, 5) is 9.32. The highest BCUT2D eigenvalue weighted by Crippen LogP contribution is 2.29. The Labute approximate surface area is 121 Å². The fourth-order valence-electron chi connectivity index (χ4n) is 2.85. The number of nitrogens with zero attached hydrogens (tertiary/aromatic N) is 3. The van der Waals surface area contributed by atoms with Crippen LogP contribution in [0.2, 0.25) is 0 Å². The lowest BCUT2D eigenvalue weighted by atomic mass is 10.2. The fraction of sp³-hybridized carbons (Fsp3) is 0.615. The summed E-state index contributed by atoms with van der Waals surface area (Å²) in [6.07, 6.45) is 2.92. The molecule has 0 amide bonds. The van der Waals surface area contributed by atoms with Crippen molar-refractivity contribution in [1.82, 2.24) is 9.88 Å². The number of anilines is 2. The fourth-order valence-corrected chi connectivity index (χ4v) is 3.47. The van der Waals surface area contributed by atoms with Crippen molar-refractivity contribution < 1.29 is 4.74 Å². The molecule has 2 N–H and O–H groups in total. The number of aromatic nitrogens is 1. The van der Waals surface area contributed by atoms with E-state index in [0.29, 0.717) is 11.7 Å². The maximum absolute atomic E-state index is 5.74. The minimum absolute atomic E-state index is 0.621. The summed E-state index contributed by atoms with van der Waals surface area (Å²) >= 11 is 3.56. The molecule has 3 heterocycles. The van der Waals surface area contributed by atoms with Crippen molar-refractivity contribution >= 4 is 27.4 Å². The molecule has 1 unspecified atom stereocenters. The van der Waals surface area contributed by atoms with Gasteiger partial charge in [0.1, 0.15) is 5.82 Å². The van der Waals surface area contributed by atoms with Crippen LogP contribution in [0.3, 0.4) is 0 Å². The van der Waals surface area contributed by atoms with E-state index in [1.807, 2.05) is 6.07 Å². The predicted molar refractivity (Wildman–Crippen MR) is 79.4 cm³/mol. The van der Waals surface area contributed by atoms with Crippen LogP contribution in [0, 0.1) is 0 Å². The average molecular weight is 327 g/mol.